The fourth-order valence-electron chi connectivity index (χ4n) is 10.5. The molecule has 12 rings (SSSR count). The summed E-state index contributed by atoms with van der Waals surface area (Å²) in [6.07, 6.45) is -17.3. The zero-order valence-corrected chi connectivity index (χ0v) is 55.1. The molecule has 12 heterocycles. The number of aryl methyl sites for hydroxylation is 4. The maximum atomic E-state index is 12.3. The summed E-state index contributed by atoms with van der Waals surface area (Å²) >= 11 is 5.99. The number of aromatic amines is 2. The van der Waals surface area contributed by atoms with Crippen LogP contribution in [-0.4, -0.2) is 255 Å². The van der Waals surface area contributed by atoms with Gasteiger partial charge in [0.05, 0.1) is 56.5 Å². The van der Waals surface area contributed by atoms with Gasteiger partial charge in [0.2, 0.25) is 5.91 Å². The molecule has 0 aromatic carbocycles. The van der Waals surface area contributed by atoms with Gasteiger partial charge in [-0.25, -0.2) is 53.1 Å². The average Bonchev–Trinajstić information content (AvgIpc) is 1.64. The first-order valence-electron chi connectivity index (χ1n) is 28.2. The third-order valence-corrected chi connectivity index (χ3v) is 17.4. The number of fused-ring (bicyclic) bond motifs is 4. The van der Waals surface area contributed by atoms with Crippen LogP contribution in [0.3, 0.4) is 0 Å². The van der Waals surface area contributed by atoms with E-state index in [1.54, 1.807) is 27.8 Å². The maximum absolute atomic E-state index is 12.3. The number of nitrogens with one attached hydrogen (secondary N) is 2. The topological polar surface area (TPSA) is 679 Å². The monoisotopic (exact) mass is 1510 g/mol. The number of hydrogen-bond donors (Lipinski definition) is 18. The van der Waals surface area contributed by atoms with Crippen LogP contribution in [0.25, 0.3) is 33.4 Å². The molecule has 7 aromatic heterocycles. The number of halogens is 1. The van der Waals surface area contributed by atoms with Crippen molar-refractivity contribution in [3.63, 3.8) is 0 Å². The van der Waals surface area contributed by atoms with Crippen molar-refractivity contribution in [3.8, 4) is 0 Å². The van der Waals surface area contributed by atoms with Crippen LogP contribution < -0.4 is 21.6 Å². The number of H-pyrrole nitrogens is 2. The predicted octanol–water partition coefficient (Wildman–Crippen LogP) is -5.40. The summed E-state index contributed by atoms with van der Waals surface area (Å²) in [6.45, 7) is 3.83. The zero-order valence-electron chi connectivity index (χ0n) is 50.8. The summed E-state index contributed by atoms with van der Waals surface area (Å²) in [6, 6.07) is 1.49. The quantitative estimate of drug-likeness (QED) is 0.0317. The van der Waals surface area contributed by atoms with Crippen LogP contribution in [-0.2, 0) is 73.6 Å². The van der Waals surface area contributed by atoms with Crippen molar-refractivity contribution in [2.24, 2.45) is 7.05 Å². The zero-order chi connectivity index (χ0) is 72.3. The number of aliphatic hydroxyl groups excluding tert-OH is 8. The number of amides is 1. The van der Waals surface area contributed by atoms with Gasteiger partial charge in [-0.3, -0.25) is 55.9 Å². The van der Waals surface area contributed by atoms with E-state index in [9.17, 15) is 78.3 Å². The number of anilines is 1. The predicted molar refractivity (Wildman–Crippen MR) is 326 cm³/mol. The second kappa shape index (κ2) is 30.5. The summed E-state index contributed by atoms with van der Waals surface area (Å²) in [4.78, 5) is 153. The second-order valence-corrected chi connectivity index (χ2v) is 27.4. The highest BCUT2D eigenvalue weighted by molar-refractivity contribution is 7.47. The third kappa shape index (κ3) is 17.7. The Morgan fingerprint density at radius 2 is 0.919 bits per heavy atom. The van der Waals surface area contributed by atoms with Gasteiger partial charge in [-0.15, -0.1) is 0 Å². The third-order valence-electron chi connectivity index (χ3n) is 15.2. The molecular formula is C48H67ClN14O32P4. The number of rotatable bonds is 16. The minimum Gasteiger partial charge on any atom is -0.387 e. The van der Waals surface area contributed by atoms with Crippen molar-refractivity contribution < 1.29 is 140 Å². The van der Waals surface area contributed by atoms with E-state index < -0.39 is 167 Å². The van der Waals surface area contributed by atoms with Crippen molar-refractivity contribution in [2.45, 2.75) is 140 Å². The van der Waals surface area contributed by atoms with Gasteiger partial charge in [0.15, 0.2) is 46.9 Å². The molecular weight excluding hydrogens is 1440 g/mol. The van der Waals surface area contributed by atoms with Crippen molar-refractivity contribution in [2.75, 3.05) is 31.3 Å². The smallest absolute Gasteiger partial charge is 0.387 e. The molecule has 0 unspecified atom stereocenters. The van der Waals surface area contributed by atoms with Gasteiger partial charge in [0.1, 0.15) is 114 Å². The second-order valence-electron chi connectivity index (χ2n) is 22.1. The van der Waals surface area contributed by atoms with Crippen LogP contribution >= 0.6 is 42.9 Å². The van der Waals surface area contributed by atoms with E-state index >= 15 is 0 Å². The number of carbonyl (C=O) groups is 1. The molecule has 4 fully saturated rings. The van der Waals surface area contributed by atoms with Crippen molar-refractivity contribution in [1.29, 1.82) is 0 Å². The lowest BCUT2D eigenvalue weighted by atomic mass is 10.1. The molecule has 1 amide bonds. The first-order chi connectivity index (χ1) is 45.5. The number of phosphoric acid groups is 4. The molecule has 16 atom stereocenters. The van der Waals surface area contributed by atoms with Crippen LogP contribution in [0.4, 0.5) is 5.82 Å². The highest BCUT2D eigenvalue weighted by Crippen LogP contribution is 2.43. The Hall–Kier alpha value is -6.08. The van der Waals surface area contributed by atoms with Gasteiger partial charge < -0.3 is 113 Å². The Balaban J connectivity index is 0.000000168. The lowest BCUT2D eigenvalue weighted by Crippen LogP contribution is -2.46. The molecule has 46 nitrogen and oxygen atoms in total. The van der Waals surface area contributed by atoms with E-state index in [0.717, 1.165) is 4.90 Å². The van der Waals surface area contributed by atoms with Crippen LogP contribution in [0.15, 0.2) is 39.3 Å². The minimum absolute atomic E-state index is 0. The summed E-state index contributed by atoms with van der Waals surface area (Å²) in [5.74, 6) is 0.850. The maximum Gasteiger partial charge on any atom is 0.469 e. The highest BCUT2D eigenvalue weighted by atomic mass is 35.5. The fourth-order valence-corrected chi connectivity index (χ4v) is 12.1. The molecule has 18 N–H and O–H groups in total. The largest absolute Gasteiger partial charge is 0.469 e. The standard InChI is InChI=1S/C12H17N4O8P.C12H16N3O9P.C12H16N3O8P.C11H14ClN4O7P.CH4/c1-5-14-10-7(11(19)15(5)2)13-4-16(10)12-9(18)8(17)6(24-12)3-23-25(20,21)22;1-4-13-10-5(11(19)14-4)2-7(16)15(10)12-9(18)8(17)6(24-12)3-23-25(20,21)22;1-5-13-10-6(11(18)14-5)2-3-15(10)12-9(17)8(16)7(23-12)4-22-24(19,20)21;1-4-14-9(12)6-10(15-4)16(3-13-6)11-8(18)7(17)5(23-11)2-22-24(19,20)21;/h4,6,8-9,12,17-18H,3H2,1-2H3,(H2,20,21,22);6,8-9,12,17-18H,2-3H2,1H3,(H,13,14,19)(H2,20,21,22);2-3,7-9,12,16-17H,4H2,1H3,(H,13,14,18)(H2,19,20,21);3,5,7-8,11,17-18H,2H2,1H3,(H2,19,20,21);1H4/t2*6-,8-,9-,12-;7-,8-,9-,12-;5-,7-,8-,11-;/m1111./s1. The Morgan fingerprint density at radius 1 is 0.525 bits per heavy atom. The molecule has 5 aliphatic rings. The first kappa shape index (κ1) is 78.6. The molecule has 0 bridgehead atoms. The van der Waals surface area contributed by atoms with Crippen LogP contribution in [0.5, 0.6) is 0 Å². The average molecular weight is 1510 g/mol. The van der Waals surface area contributed by atoms with Gasteiger partial charge in [-0.2, -0.15) is 0 Å². The van der Waals surface area contributed by atoms with Crippen molar-refractivity contribution in [1.82, 2.24) is 63.1 Å². The first-order valence-corrected chi connectivity index (χ1v) is 34.7. The van der Waals surface area contributed by atoms with Gasteiger partial charge >= 0.3 is 31.3 Å². The number of imidazole rings is 2. The molecule has 7 aromatic rings. The molecule has 0 saturated carbocycles. The Kier molecular flexibility index (Phi) is 24.2. The molecule has 4 saturated heterocycles. The molecule has 548 valence electrons. The van der Waals surface area contributed by atoms with Crippen LogP contribution in [0.1, 0.15) is 55.0 Å². The van der Waals surface area contributed by atoms with E-state index in [2.05, 4.69) is 63.0 Å². The Labute approximate surface area is 557 Å². The summed E-state index contributed by atoms with van der Waals surface area (Å²) in [7, 11) is -17.5. The molecule has 5 aliphatic heterocycles. The highest BCUT2D eigenvalue weighted by Gasteiger charge is 2.52. The normalized spacial score (nSPS) is 27.8. The van der Waals surface area contributed by atoms with E-state index in [1.807, 2.05) is 0 Å². The lowest BCUT2D eigenvalue weighted by Gasteiger charge is -2.26. The minimum atomic E-state index is -4.80. The lowest BCUT2D eigenvalue weighted by molar-refractivity contribution is -0.121. The molecule has 0 spiro atoms. The number of carbonyl (C=O) groups excluding carboxylic acids is 1. The van der Waals surface area contributed by atoms with Gasteiger partial charge in [-0.05, 0) is 33.8 Å². The molecule has 0 aliphatic carbocycles. The van der Waals surface area contributed by atoms with Gasteiger partial charge in [0.25, 0.3) is 16.7 Å². The number of hydrogen-bond acceptors (Lipinski definition) is 31. The fraction of sp³-hybridized carbons (Fsp3) is 0.562. The summed E-state index contributed by atoms with van der Waals surface area (Å²) in [5, 5.41) is 81.1. The molecule has 51 heteroatoms. The van der Waals surface area contributed by atoms with E-state index in [4.69, 9.17) is 69.7 Å². The van der Waals surface area contributed by atoms with Crippen molar-refractivity contribution in [3.05, 3.63) is 90.0 Å². The number of phosphoric ester groups is 4. The summed E-state index contributed by atoms with van der Waals surface area (Å²) in [5.41, 5.74) is -0.0570. The molecule has 99 heavy (non-hydrogen) atoms. The SMILES string of the molecule is C.Cc1nc(Cl)c2ncn([C@@H]3O[C@H](COP(=O)(O)O)[C@@H](O)[C@H]3O)c2n1.Cc1nc2c(c(=O)[nH]1)CC(=O)N2[C@@H]1O[C@H](COP(=O)(O)O)[C@@H](O)[C@H]1O.Cc1nc2c(ccn2[C@@H]2O[C@H](COP(=O)(O)O)[C@@H](O)[C@H]2O)c(=O)[nH]1.Cc1nc2c(ncn2[C@@H]2O[C@H](COP(=O)(O)O)[C@@H](O)[C@H]2O)c(=O)n1C. The van der Waals surface area contributed by atoms with Gasteiger partial charge in [-0.1, -0.05) is 19.0 Å². The number of nitrogens with zero attached hydrogens (tertiary/aromatic N) is 12. The summed E-state index contributed by atoms with van der Waals surface area (Å²) < 4.78 is 87.4. The van der Waals surface area contributed by atoms with E-state index in [-0.39, 0.29) is 69.5 Å². The van der Waals surface area contributed by atoms with Crippen LogP contribution in [0.2, 0.25) is 5.15 Å². The Morgan fingerprint density at radius 3 is 1.37 bits per heavy atom. The molecule has 0 radical (unpaired) electrons. The van der Waals surface area contributed by atoms with Gasteiger partial charge in [0, 0.05) is 13.2 Å². The Bertz CT molecular complexity index is 4500. The number of ether oxygens (including phenoxy) is 4. The van der Waals surface area contributed by atoms with Crippen LogP contribution in [0, 0.1) is 27.7 Å². The van der Waals surface area contributed by atoms with E-state index in [0.29, 0.717) is 28.6 Å². The van der Waals surface area contributed by atoms with E-state index in [1.165, 1.54) is 50.1 Å². The number of aliphatic hydroxyl groups is 8. The van der Waals surface area contributed by atoms with Crippen molar-refractivity contribution >= 4 is 88.0 Å². The number of aromatic nitrogens is 13.